The fourth-order valence-corrected chi connectivity index (χ4v) is 9.73. The van der Waals surface area contributed by atoms with E-state index in [0.717, 1.165) is 76.7 Å². The number of aromatic nitrogens is 4. The van der Waals surface area contributed by atoms with Gasteiger partial charge in [0.25, 0.3) is 0 Å². The number of aryl methyl sites for hydroxylation is 4. The number of fused-ring (bicyclic) bond motifs is 16. The zero-order valence-corrected chi connectivity index (χ0v) is 34.9. The molecule has 60 heavy (non-hydrogen) atoms. The van der Waals surface area contributed by atoms with E-state index in [1.807, 2.05) is 24.3 Å². The fraction of sp³-hybridized carbons (Fsp3) is 0.0741. The molecule has 0 aliphatic heterocycles. The Bertz CT molecular complexity index is 3720. The Hall–Kier alpha value is -6.84. The minimum Gasteiger partial charge on any atom is -0.497 e. The molecule has 4 heterocycles. The smallest absolute Gasteiger partial charge is 0.497 e. The quantitative estimate of drug-likeness (QED) is 0.101. The Balaban J connectivity index is 0.00000408. The van der Waals surface area contributed by atoms with Gasteiger partial charge in [-0.3, -0.25) is 9.97 Å². The van der Waals surface area contributed by atoms with Gasteiger partial charge in [0.15, 0.2) is 0 Å². The first-order valence-corrected chi connectivity index (χ1v) is 20.1. The molecule has 0 radical (unpaired) electrons. The standard InChI is InChI=1S/C54H36N4O.Pd/c1-31-13-9-14-32(2)49(31)40-18-12-24-48-51(40)38-28-26-36(30-43(38)53-55-44-20-5-7-22-46(44)57(48)53)59-35-25-27-37-39-17-11-19-41(50-33(3)15-10-16-34(50)4)52(39)58-47-23-8-6-21-45(47)56-54(58)42(37)29-35;/h5-28H,1-4H3;/q-2;+2. The number of ether oxygens (including phenoxy) is 1. The first-order chi connectivity index (χ1) is 28.9. The number of nitrogens with zero attached hydrogens (tertiary/aromatic N) is 4. The van der Waals surface area contributed by atoms with Crippen LogP contribution < -0.4 is 4.74 Å². The summed E-state index contributed by atoms with van der Waals surface area (Å²) in [6.07, 6.45) is 0. The molecule has 0 saturated heterocycles. The van der Waals surface area contributed by atoms with Crippen molar-refractivity contribution in [3.05, 3.63) is 180 Å². The fourth-order valence-electron chi connectivity index (χ4n) is 9.73. The Kier molecular flexibility index (Phi) is 8.22. The van der Waals surface area contributed by atoms with Gasteiger partial charge < -0.3 is 13.5 Å². The number of benzene rings is 8. The van der Waals surface area contributed by atoms with Crippen LogP contribution in [0.25, 0.3) is 99.0 Å². The van der Waals surface area contributed by atoms with Crippen molar-refractivity contribution in [2.45, 2.75) is 27.7 Å². The molecule has 4 aromatic heterocycles. The summed E-state index contributed by atoms with van der Waals surface area (Å²) in [5.74, 6) is 1.18. The summed E-state index contributed by atoms with van der Waals surface area (Å²) in [7, 11) is 0. The van der Waals surface area contributed by atoms with Gasteiger partial charge in [-0.25, -0.2) is 0 Å². The van der Waals surface area contributed by atoms with Crippen LogP contribution in [0.1, 0.15) is 22.3 Å². The van der Waals surface area contributed by atoms with Gasteiger partial charge in [0.2, 0.25) is 0 Å². The Morgan fingerprint density at radius 1 is 0.433 bits per heavy atom. The second-order valence-corrected chi connectivity index (χ2v) is 15.8. The predicted octanol–water partition coefficient (Wildman–Crippen LogP) is 13.9. The molecular formula is C54H36N4OPd. The first-order valence-electron chi connectivity index (χ1n) is 20.1. The number of imidazole rings is 2. The molecule has 5 nitrogen and oxygen atoms in total. The zero-order valence-electron chi connectivity index (χ0n) is 33.4. The Labute approximate surface area is 360 Å². The van der Waals surface area contributed by atoms with E-state index in [2.05, 4.69) is 170 Å². The average Bonchev–Trinajstić information content (AvgIpc) is 3.84. The van der Waals surface area contributed by atoms with Gasteiger partial charge in [0, 0.05) is 28.1 Å². The van der Waals surface area contributed by atoms with Crippen molar-refractivity contribution in [1.29, 1.82) is 0 Å². The molecule has 0 unspecified atom stereocenters. The van der Waals surface area contributed by atoms with Crippen LogP contribution >= 0.6 is 0 Å². The number of para-hydroxylation sites is 5. The van der Waals surface area contributed by atoms with Gasteiger partial charge in [0.1, 0.15) is 0 Å². The Morgan fingerprint density at radius 2 is 0.917 bits per heavy atom. The molecule has 8 aromatic carbocycles. The molecule has 0 aliphatic carbocycles. The molecule has 12 aromatic rings. The van der Waals surface area contributed by atoms with Crippen LogP contribution in [-0.2, 0) is 20.4 Å². The summed E-state index contributed by atoms with van der Waals surface area (Å²) in [5.41, 5.74) is 17.8. The van der Waals surface area contributed by atoms with Gasteiger partial charge in [-0.1, -0.05) is 137 Å². The molecular weight excluding hydrogens is 827 g/mol. The summed E-state index contributed by atoms with van der Waals surface area (Å²) in [5, 5.41) is 6.25. The van der Waals surface area contributed by atoms with Crippen LogP contribution in [0.2, 0.25) is 0 Å². The van der Waals surface area contributed by atoms with Crippen LogP contribution in [0.4, 0.5) is 0 Å². The van der Waals surface area contributed by atoms with Gasteiger partial charge in [-0.15, -0.1) is 12.1 Å². The van der Waals surface area contributed by atoms with Crippen molar-refractivity contribution in [2.24, 2.45) is 0 Å². The van der Waals surface area contributed by atoms with Crippen molar-refractivity contribution in [1.82, 2.24) is 18.8 Å². The van der Waals surface area contributed by atoms with Crippen LogP contribution in [0.5, 0.6) is 11.5 Å². The molecule has 0 aliphatic rings. The van der Waals surface area contributed by atoms with Crippen molar-refractivity contribution in [3.63, 3.8) is 0 Å². The van der Waals surface area contributed by atoms with E-state index in [4.69, 9.17) is 14.7 Å². The summed E-state index contributed by atoms with van der Waals surface area (Å²) >= 11 is 0. The van der Waals surface area contributed by atoms with E-state index in [1.165, 1.54) is 44.5 Å². The predicted molar refractivity (Wildman–Crippen MR) is 243 cm³/mol. The molecule has 288 valence electrons. The number of hydrogen-bond donors (Lipinski definition) is 0. The minimum atomic E-state index is 0. The van der Waals surface area contributed by atoms with Crippen LogP contribution in [0.3, 0.4) is 0 Å². The summed E-state index contributed by atoms with van der Waals surface area (Å²) in [4.78, 5) is 10.4. The van der Waals surface area contributed by atoms with E-state index in [1.54, 1.807) is 0 Å². The van der Waals surface area contributed by atoms with Crippen molar-refractivity contribution in [3.8, 4) is 33.8 Å². The maximum absolute atomic E-state index is 6.76. The monoisotopic (exact) mass is 862 g/mol. The topological polar surface area (TPSA) is 43.8 Å². The summed E-state index contributed by atoms with van der Waals surface area (Å²) in [6.45, 7) is 8.77. The van der Waals surface area contributed by atoms with Crippen LogP contribution in [0, 0.1) is 39.8 Å². The molecule has 0 atom stereocenters. The second-order valence-electron chi connectivity index (χ2n) is 15.8. The van der Waals surface area contributed by atoms with E-state index >= 15 is 0 Å². The van der Waals surface area contributed by atoms with Crippen LogP contribution in [0.15, 0.2) is 146 Å². The minimum absolute atomic E-state index is 0. The number of pyridine rings is 2. The molecule has 12 rings (SSSR count). The van der Waals surface area contributed by atoms with Crippen molar-refractivity contribution in [2.75, 3.05) is 0 Å². The third-order valence-electron chi connectivity index (χ3n) is 12.2. The molecule has 0 bridgehead atoms. The Morgan fingerprint density at radius 3 is 1.57 bits per heavy atom. The third kappa shape index (κ3) is 5.21. The summed E-state index contributed by atoms with van der Waals surface area (Å²) < 4.78 is 11.4. The molecule has 0 amide bonds. The first kappa shape index (κ1) is 36.3. The average molecular weight is 863 g/mol. The maximum Gasteiger partial charge on any atom is 2.00 e. The van der Waals surface area contributed by atoms with E-state index in [-0.39, 0.29) is 20.4 Å². The molecule has 0 spiro atoms. The molecule has 0 saturated carbocycles. The van der Waals surface area contributed by atoms with Gasteiger partial charge in [-0.2, -0.15) is 0 Å². The zero-order chi connectivity index (χ0) is 39.5. The van der Waals surface area contributed by atoms with Gasteiger partial charge in [0.05, 0.1) is 33.4 Å². The van der Waals surface area contributed by atoms with Crippen molar-refractivity contribution < 1.29 is 25.2 Å². The van der Waals surface area contributed by atoms with Gasteiger partial charge in [-0.05, 0) is 108 Å². The largest absolute Gasteiger partial charge is 2.00 e. The maximum atomic E-state index is 6.76. The van der Waals surface area contributed by atoms with Crippen LogP contribution in [-0.4, -0.2) is 18.8 Å². The summed E-state index contributed by atoms with van der Waals surface area (Å²) in [6, 6.07) is 58.7. The normalized spacial score (nSPS) is 11.9. The van der Waals surface area contributed by atoms with E-state index in [0.29, 0.717) is 11.5 Å². The SMILES string of the molecule is Cc1cccc(C)c1-c1cccc2c1c1ccc(Oc3[c-]c4c(cc3)c3cccc(-c5c(C)cccc5C)c3n3c5ccccc5nc43)[c-]c1c1nc3ccccc3n21.[Pd+2]. The van der Waals surface area contributed by atoms with Crippen molar-refractivity contribution >= 4 is 76.7 Å². The molecule has 6 heteroatoms. The number of rotatable bonds is 4. The second kappa shape index (κ2) is 13.6. The third-order valence-corrected chi connectivity index (χ3v) is 12.2. The number of hydrogen-bond acceptors (Lipinski definition) is 3. The van der Waals surface area contributed by atoms with E-state index in [9.17, 15) is 0 Å². The van der Waals surface area contributed by atoms with Gasteiger partial charge >= 0.3 is 20.4 Å². The molecule has 0 fully saturated rings. The van der Waals surface area contributed by atoms with E-state index < -0.39 is 0 Å². The molecule has 0 N–H and O–H groups in total.